The molecule has 0 aromatic heterocycles. The molecule has 0 aliphatic heterocycles. The number of hydrogen-bond acceptors (Lipinski definition) is 8. The molecule has 0 saturated heterocycles. The number of allylic oxidation sites excluding steroid dienone is 4. The standard InChI is InChI=1S/C10H12O4.C9H10O4/c1-5-6(2)10(14)8(4-12)7(3-11)9(5)13;1-5-2-8(12)6(3-10)7(4-11)9(5)13/h11-12H,3-4H2,1-2H3;2,10-11H,3-4H2,1H3. The first-order valence-corrected chi connectivity index (χ1v) is 8.07. The Kier molecular flexibility index (Phi) is 7.86. The quantitative estimate of drug-likeness (QED) is 0.461. The Morgan fingerprint density at radius 1 is 0.593 bits per heavy atom. The molecule has 0 unspecified atom stereocenters. The smallest absolute Gasteiger partial charge is 0.187 e. The lowest BCUT2D eigenvalue weighted by atomic mass is 9.86. The van der Waals surface area contributed by atoms with Crippen molar-refractivity contribution in [2.24, 2.45) is 0 Å². The summed E-state index contributed by atoms with van der Waals surface area (Å²) in [6.07, 6.45) is 1.17. The van der Waals surface area contributed by atoms with E-state index >= 15 is 0 Å². The molecule has 0 radical (unpaired) electrons. The molecule has 27 heavy (non-hydrogen) atoms. The molecule has 2 aliphatic carbocycles. The Labute approximate surface area is 155 Å². The van der Waals surface area contributed by atoms with E-state index in [1.807, 2.05) is 0 Å². The van der Waals surface area contributed by atoms with Gasteiger partial charge >= 0.3 is 0 Å². The van der Waals surface area contributed by atoms with Crippen LogP contribution in [0.2, 0.25) is 0 Å². The summed E-state index contributed by atoms with van der Waals surface area (Å²) in [5, 5.41) is 35.5. The molecule has 0 spiro atoms. The summed E-state index contributed by atoms with van der Waals surface area (Å²) >= 11 is 0. The predicted molar refractivity (Wildman–Crippen MR) is 94.6 cm³/mol. The SMILES string of the molecule is CC1=C(C)C(=O)C(CO)=C(CO)C1=O.CC1=CC(=O)C(CO)=C(CO)C1=O. The van der Waals surface area contributed by atoms with Gasteiger partial charge in [0.05, 0.1) is 26.4 Å². The van der Waals surface area contributed by atoms with Gasteiger partial charge in [0.2, 0.25) is 0 Å². The Bertz CT molecular complexity index is 787. The number of ketones is 4. The molecule has 146 valence electrons. The molecule has 0 bridgehead atoms. The molecular weight excluding hydrogens is 356 g/mol. The number of carbonyl (C=O) groups excluding carboxylic acids is 4. The van der Waals surface area contributed by atoms with Gasteiger partial charge in [-0.25, -0.2) is 0 Å². The Morgan fingerprint density at radius 2 is 0.926 bits per heavy atom. The highest BCUT2D eigenvalue weighted by Crippen LogP contribution is 2.23. The fourth-order valence-electron chi connectivity index (χ4n) is 2.62. The van der Waals surface area contributed by atoms with E-state index in [2.05, 4.69) is 0 Å². The van der Waals surface area contributed by atoms with E-state index in [4.69, 9.17) is 20.4 Å². The molecule has 8 nitrogen and oxygen atoms in total. The van der Waals surface area contributed by atoms with Crippen LogP contribution in [0.4, 0.5) is 0 Å². The van der Waals surface area contributed by atoms with Crippen LogP contribution in [-0.2, 0) is 19.2 Å². The topological polar surface area (TPSA) is 149 Å². The van der Waals surface area contributed by atoms with Gasteiger partial charge < -0.3 is 20.4 Å². The largest absolute Gasteiger partial charge is 0.392 e. The number of rotatable bonds is 4. The number of aliphatic hydroxyl groups is 4. The van der Waals surface area contributed by atoms with Crippen LogP contribution in [0.15, 0.2) is 45.1 Å². The van der Waals surface area contributed by atoms with E-state index < -0.39 is 32.2 Å². The van der Waals surface area contributed by atoms with E-state index in [9.17, 15) is 19.2 Å². The fraction of sp³-hybridized carbons (Fsp3) is 0.368. The molecule has 2 aliphatic rings. The number of Topliss-reactive ketones (excluding diaryl/α,β-unsaturated/α-hetero) is 3. The number of carbonyl (C=O) groups is 4. The molecular formula is C19H22O8. The van der Waals surface area contributed by atoms with Gasteiger partial charge in [0.15, 0.2) is 23.1 Å². The molecule has 0 amide bonds. The monoisotopic (exact) mass is 378 g/mol. The minimum atomic E-state index is -0.510. The van der Waals surface area contributed by atoms with Crippen molar-refractivity contribution in [1.29, 1.82) is 0 Å². The van der Waals surface area contributed by atoms with Crippen LogP contribution in [-0.4, -0.2) is 70.0 Å². The van der Waals surface area contributed by atoms with E-state index in [1.165, 1.54) is 13.0 Å². The fourth-order valence-corrected chi connectivity index (χ4v) is 2.62. The number of hydrogen-bond donors (Lipinski definition) is 4. The molecule has 8 heteroatoms. The summed E-state index contributed by atoms with van der Waals surface area (Å²) < 4.78 is 0. The van der Waals surface area contributed by atoms with Crippen molar-refractivity contribution in [2.75, 3.05) is 26.4 Å². The van der Waals surface area contributed by atoms with Crippen molar-refractivity contribution in [3.05, 3.63) is 45.1 Å². The summed E-state index contributed by atoms with van der Waals surface area (Å²) in [7, 11) is 0. The minimum absolute atomic E-state index is 0.00176. The second kappa shape index (κ2) is 9.43. The van der Waals surface area contributed by atoms with Gasteiger partial charge in [0.1, 0.15) is 0 Å². The zero-order chi connectivity index (χ0) is 20.9. The molecule has 0 fully saturated rings. The van der Waals surface area contributed by atoms with Crippen molar-refractivity contribution >= 4 is 23.1 Å². The van der Waals surface area contributed by atoms with Gasteiger partial charge in [-0.05, 0) is 26.8 Å². The molecule has 0 heterocycles. The van der Waals surface area contributed by atoms with Gasteiger partial charge in [-0.15, -0.1) is 0 Å². The minimum Gasteiger partial charge on any atom is -0.392 e. The van der Waals surface area contributed by atoms with E-state index in [1.54, 1.807) is 13.8 Å². The average molecular weight is 378 g/mol. The highest BCUT2D eigenvalue weighted by Gasteiger charge is 2.29. The lowest BCUT2D eigenvalue weighted by molar-refractivity contribution is -0.117. The van der Waals surface area contributed by atoms with Crippen molar-refractivity contribution in [3.8, 4) is 0 Å². The molecule has 2 rings (SSSR count). The maximum atomic E-state index is 11.5. The molecule has 4 N–H and O–H groups in total. The average Bonchev–Trinajstić information content (AvgIpc) is 2.65. The Hall–Kier alpha value is -2.52. The van der Waals surface area contributed by atoms with Crippen LogP contribution in [0.25, 0.3) is 0 Å². The molecule has 0 aromatic rings. The summed E-state index contributed by atoms with van der Waals surface area (Å²) in [6.45, 7) is 2.55. The third-order valence-electron chi connectivity index (χ3n) is 4.43. The summed E-state index contributed by atoms with van der Waals surface area (Å²) in [5.41, 5.74) is 1.02. The van der Waals surface area contributed by atoms with E-state index in [0.29, 0.717) is 16.7 Å². The van der Waals surface area contributed by atoms with Crippen molar-refractivity contribution < 1.29 is 39.6 Å². The van der Waals surface area contributed by atoms with Gasteiger partial charge in [0.25, 0.3) is 0 Å². The summed E-state index contributed by atoms with van der Waals surface area (Å²) in [5.74, 6) is -1.47. The summed E-state index contributed by atoms with van der Waals surface area (Å²) in [6, 6.07) is 0. The maximum absolute atomic E-state index is 11.5. The number of aliphatic hydroxyl groups excluding tert-OH is 4. The van der Waals surface area contributed by atoms with Crippen LogP contribution in [0, 0.1) is 0 Å². The first-order chi connectivity index (χ1) is 12.7. The maximum Gasteiger partial charge on any atom is 0.187 e. The van der Waals surface area contributed by atoms with Crippen LogP contribution < -0.4 is 0 Å². The van der Waals surface area contributed by atoms with E-state index in [0.717, 1.165) is 0 Å². The van der Waals surface area contributed by atoms with Crippen molar-refractivity contribution in [3.63, 3.8) is 0 Å². The van der Waals surface area contributed by atoms with Gasteiger partial charge in [-0.1, -0.05) is 0 Å². The normalized spacial score (nSPS) is 18.1. The second-order valence-electron chi connectivity index (χ2n) is 5.98. The summed E-state index contributed by atoms with van der Waals surface area (Å²) in [4.78, 5) is 45.6. The van der Waals surface area contributed by atoms with Crippen LogP contribution in [0.1, 0.15) is 20.8 Å². The molecule has 0 aromatic carbocycles. The first kappa shape index (κ1) is 22.5. The lowest BCUT2D eigenvalue weighted by Crippen LogP contribution is -2.25. The zero-order valence-corrected chi connectivity index (χ0v) is 15.3. The Balaban J connectivity index is 0.000000271. The van der Waals surface area contributed by atoms with Crippen LogP contribution in [0.5, 0.6) is 0 Å². The lowest BCUT2D eigenvalue weighted by Gasteiger charge is -2.17. The van der Waals surface area contributed by atoms with Crippen LogP contribution >= 0.6 is 0 Å². The zero-order valence-electron chi connectivity index (χ0n) is 15.3. The second-order valence-corrected chi connectivity index (χ2v) is 5.98. The highest BCUT2D eigenvalue weighted by atomic mass is 16.3. The third kappa shape index (κ3) is 4.42. The van der Waals surface area contributed by atoms with Gasteiger partial charge in [-0.3, -0.25) is 19.2 Å². The molecule has 0 atom stereocenters. The molecule has 0 saturated carbocycles. The van der Waals surface area contributed by atoms with Crippen molar-refractivity contribution in [2.45, 2.75) is 20.8 Å². The third-order valence-corrected chi connectivity index (χ3v) is 4.43. The Morgan fingerprint density at radius 3 is 1.26 bits per heavy atom. The van der Waals surface area contributed by atoms with Gasteiger partial charge in [0, 0.05) is 39.0 Å². The van der Waals surface area contributed by atoms with E-state index in [-0.39, 0.29) is 39.6 Å². The predicted octanol–water partition coefficient (Wildman–Crippen LogP) is -0.878. The first-order valence-electron chi connectivity index (χ1n) is 8.07. The van der Waals surface area contributed by atoms with Gasteiger partial charge in [-0.2, -0.15) is 0 Å². The highest BCUT2D eigenvalue weighted by molar-refractivity contribution is 6.25. The van der Waals surface area contributed by atoms with Crippen LogP contribution in [0.3, 0.4) is 0 Å². The van der Waals surface area contributed by atoms with Crippen molar-refractivity contribution in [1.82, 2.24) is 0 Å².